The lowest BCUT2D eigenvalue weighted by Gasteiger charge is -2.00. The second-order valence-corrected chi connectivity index (χ2v) is 3.81. The van der Waals surface area contributed by atoms with Crippen molar-refractivity contribution in [1.82, 2.24) is 5.32 Å². The van der Waals surface area contributed by atoms with Crippen molar-refractivity contribution in [2.24, 2.45) is 11.8 Å². The summed E-state index contributed by atoms with van der Waals surface area (Å²) >= 11 is 0. The summed E-state index contributed by atoms with van der Waals surface area (Å²) in [5, 5.41) is 11.3. The number of hydrogen-bond donors (Lipinski definition) is 2. The molecule has 0 radical (unpaired) electrons. The van der Waals surface area contributed by atoms with Crippen LogP contribution in [0.5, 0.6) is 0 Å². The van der Waals surface area contributed by atoms with E-state index in [1.54, 1.807) is 0 Å². The Hall–Kier alpha value is -1.32. The number of carboxylic acids is 1. The number of nitrogens with one attached hydrogen (secondary N) is 1. The van der Waals surface area contributed by atoms with Crippen molar-refractivity contribution in [1.29, 1.82) is 0 Å². The Kier molecular flexibility index (Phi) is 3.28. The Morgan fingerprint density at radius 1 is 1.43 bits per heavy atom. The van der Waals surface area contributed by atoms with Crippen LogP contribution in [0.15, 0.2) is 11.6 Å². The highest BCUT2D eigenvalue weighted by Gasteiger charge is 2.48. The van der Waals surface area contributed by atoms with Gasteiger partial charge < -0.3 is 10.4 Å². The van der Waals surface area contributed by atoms with Crippen LogP contribution in [0.1, 0.15) is 20.3 Å². The van der Waals surface area contributed by atoms with E-state index in [9.17, 15) is 9.59 Å². The Bertz CT molecular complexity index is 279. The third kappa shape index (κ3) is 2.87. The molecule has 2 atom stereocenters. The highest BCUT2D eigenvalue weighted by molar-refractivity contribution is 5.89. The van der Waals surface area contributed by atoms with Crippen molar-refractivity contribution in [3.63, 3.8) is 0 Å². The van der Waals surface area contributed by atoms with E-state index in [4.69, 9.17) is 5.11 Å². The minimum absolute atomic E-state index is 0.144. The summed E-state index contributed by atoms with van der Waals surface area (Å²) in [6.07, 6.45) is 2.38. The Labute approximate surface area is 83.0 Å². The van der Waals surface area contributed by atoms with E-state index < -0.39 is 11.9 Å². The molecule has 1 aliphatic rings. The minimum atomic E-state index is -0.868. The van der Waals surface area contributed by atoms with Gasteiger partial charge in [0.25, 0.3) is 0 Å². The lowest BCUT2D eigenvalue weighted by atomic mass is 10.3. The van der Waals surface area contributed by atoms with Crippen molar-refractivity contribution >= 4 is 11.9 Å². The molecule has 0 aromatic rings. The van der Waals surface area contributed by atoms with Gasteiger partial charge in [0.05, 0.1) is 11.8 Å². The molecule has 4 nitrogen and oxygen atoms in total. The number of carbonyl (C=O) groups is 2. The molecule has 0 saturated heterocycles. The van der Waals surface area contributed by atoms with Crippen LogP contribution in [0.2, 0.25) is 0 Å². The van der Waals surface area contributed by atoms with Crippen LogP contribution in [0.4, 0.5) is 0 Å². The van der Waals surface area contributed by atoms with Crippen LogP contribution in [0.3, 0.4) is 0 Å². The molecule has 2 N–H and O–H groups in total. The second-order valence-electron chi connectivity index (χ2n) is 3.81. The number of aliphatic carboxylic acids is 1. The summed E-state index contributed by atoms with van der Waals surface area (Å²) in [7, 11) is 0. The fourth-order valence-electron chi connectivity index (χ4n) is 1.24. The summed E-state index contributed by atoms with van der Waals surface area (Å²) in [5.74, 6) is -1.78. The number of amides is 1. The number of carbonyl (C=O) groups excluding carboxylic acids is 1. The third-order valence-electron chi connectivity index (χ3n) is 2.23. The van der Waals surface area contributed by atoms with E-state index in [1.165, 1.54) is 0 Å². The molecule has 4 heteroatoms. The zero-order valence-corrected chi connectivity index (χ0v) is 8.41. The Morgan fingerprint density at radius 3 is 2.50 bits per heavy atom. The van der Waals surface area contributed by atoms with Gasteiger partial charge in [0.1, 0.15) is 0 Å². The summed E-state index contributed by atoms with van der Waals surface area (Å²) in [4.78, 5) is 21.8. The largest absolute Gasteiger partial charge is 0.481 e. The summed E-state index contributed by atoms with van der Waals surface area (Å²) in [5.41, 5.74) is 1.14. The molecule has 2 unspecified atom stereocenters. The van der Waals surface area contributed by atoms with Crippen LogP contribution < -0.4 is 5.32 Å². The summed E-state index contributed by atoms with van der Waals surface area (Å²) in [6, 6.07) is 0. The fourth-order valence-corrected chi connectivity index (χ4v) is 1.24. The van der Waals surface area contributed by atoms with Gasteiger partial charge >= 0.3 is 5.97 Å². The first-order valence-corrected chi connectivity index (χ1v) is 4.66. The normalized spacial score (nSPS) is 23.9. The smallest absolute Gasteiger partial charge is 0.307 e. The predicted molar refractivity (Wildman–Crippen MR) is 51.7 cm³/mol. The topological polar surface area (TPSA) is 66.4 Å². The molecule has 0 spiro atoms. The van der Waals surface area contributed by atoms with Gasteiger partial charge in [0.15, 0.2) is 0 Å². The van der Waals surface area contributed by atoms with Gasteiger partial charge in [0, 0.05) is 6.54 Å². The van der Waals surface area contributed by atoms with Crippen molar-refractivity contribution in [2.45, 2.75) is 20.3 Å². The van der Waals surface area contributed by atoms with Gasteiger partial charge in [-0.05, 0) is 20.3 Å². The van der Waals surface area contributed by atoms with E-state index in [0.717, 1.165) is 5.57 Å². The van der Waals surface area contributed by atoms with Crippen LogP contribution in [0, 0.1) is 11.8 Å². The van der Waals surface area contributed by atoms with Crippen molar-refractivity contribution < 1.29 is 14.7 Å². The van der Waals surface area contributed by atoms with Gasteiger partial charge in [-0.2, -0.15) is 0 Å². The molecule has 1 aliphatic carbocycles. The quantitative estimate of drug-likeness (QED) is 0.655. The molecule has 1 fully saturated rings. The molecule has 1 amide bonds. The van der Waals surface area contributed by atoms with Crippen LogP contribution >= 0.6 is 0 Å². The van der Waals surface area contributed by atoms with Crippen LogP contribution in [-0.2, 0) is 9.59 Å². The first-order valence-electron chi connectivity index (χ1n) is 4.66. The van der Waals surface area contributed by atoms with E-state index in [1.807, 2.05) is 19.9 Å². The molecule has 78 valence electrons. The Balaban J connectivity index is 2.25. The maximum absolute atomic E-state index is 11.3. The summed E-state index contributed by atoms with van der Waals surface area (Å²) in [6.45, 7) is 4.39. The minimum Gasteiger partial charge on any atom is -0.481 e. The van der Waals surface area contributed by atoms with Gasteiger partial charge in [-0.3, -0.25) is 9.59 Å². The number of hydrogen-bond acceptors (Lipinski definition) is 2. The number of carboxylic acid groups (broad SMARTS) is 1. The van der Waals surface area contributed by atoms with E-state index in [-0.39, 0.29) is 11.8 Å². The standard InChI is InChI=1S/C10H15NO3/c1-6(2)3-4-11-9(12)7-5-8(7)10(13)14/h3,7-8H,4-5H2,1-2H3,(H,11,12)(H,13,14). The molecule has 0 bridgehead atoms. The van der Waals surface area contributed by atoms with Gasteiger partial charge in [-0.25, -0.2) is 0 Å². The molecular weight excluding hydrogens is 182 g/mol. The SMILES string of the molecule is CC(C)=CCNC(=O)C1CC1C(=O)O. The highest BCUT2D eigenvalue weighted by atomic mass is 16.4. The average Bonchev–Trinajstić information content (AvgIpc) is 2.81. The Morgan fingerprint density at radius 2 is 2.07 bits per heavy atom. The zero-order chi connectivity index (χ0) is 10.7. The van der Waals surface area contributed by atoms with Crippen LogP contribution in [-0.4, -0.2) is 23.5 Å². The average molecular weight is 197 g/mol. The maximum atomic E-state index is 11.3. The van der Waals surface area contributed by atoms with Crippen LogP contribution in [0.25, 0.3) is 0 Å². The zero-order valence-electron chi connectivity index (χ0n) is 8.41. The maximum Gasteiger partial charge on any atom is 0.307 e. The lowest BCUT2D eigenvalue weighted by molar-refractivity contribution is -0.140. The highest BCUT2D eigenvalue weighted by Crippen LogP contribution is 2.38. The molecule has 0 aromatic carbocycles. The van der Waals surface area contributed by atoms with E-state index in [2.05, 4.69) is 5.32 Å². The second kappa shape index (κ2) is 4.26. The number of allylic oxidation sites excluding steroid dienone is 1. The molecule has 1 rings (SSSR count). The van der Waals surface area contributed by atoms with Gasteiger partial charge in [-0.1, -0.05) is 11.6 Å². The molecular formula is C10H15NO3. The van der Waals surface area contributed by atoms with Crippen molar-refractivity contribution in [2.75, 3.05) is 6.54 Å². The van der Waals surface area contributed by atoms with Gasteiger partial charge in [-0.15, -0.1) is 0 Å². The van der Waals surface area contributed by atoms with Crippen molar-refractivity contribution in [3.8, 4) is 0 Å². The molecule has 0 aromatic heterocycles. The van der Waals surface area contributed by atoms with Crippen molar-refractivity contribution in [3.05, 3.63) is 11.6 Å². The molecule has 14 heavy (non-hydrogen) atoms. The third-order valence-corrected chi connectivity index (χ3v) is 2.23. The molecule has 0 heterocycles. The van der Waals surface area contributed by atoms with E-state index >= 15 is 0 Å². The summed E-state index contributed by atoms with van der Waals surface area (Å²) < 4.78 is 0. The number of rotatable bonds is 4. The monoisotopic (exact) mass is 197 g/mol. The first-order chi connectivity index (χ1) is 6.52. The lowest BCUT2D eigenvalue weighted by Crippen LogP contribution is -2.26. The molecule has 1 saturated carbocycles. The van der Waals surface area contributed by atoms with E-state index in [0.29, 0.717) is 13.0 Å². The first kappa shape index (κ1) is 10.8. The fraction of sp³-hybridized carbons (Fsp3) is 0.600. The predicted octanol–water partition coefficient (Wildman–Crippen LogP) is 0.790. The van der Waals surface area contributed by atoms with Gasteiger partial charge in [0.2, 0.25) is 5.91 Å². The molecule has 0 aliphatic heterocycles.